The Bertz CT molecular complexity index is 346. The fourth-order valence-corrected chi connectivity index (χ4v) is 1.26. The Morgan fingerprint density at radius 1 is 1.60 bits per heavy atom. The molecule has 5 nitrogen and oxygen atoms in total. The lowest BCUT2D eigenvalue weighted by molar-refractivity contribution is -0.119. The molecule has 1 aromatic rings. The summed E-state index contributed by atoms with van der Waals surface area (Å²) in [6.07, 6.45) is 0.647. The van der Waals surface area contributed by atoms with E-state index in [0.717, 1.165) is 0 Å². The second-order valence-electron chi connectivity index (χ2n) is 3.19. The molecule has 0 fully saturated rings. The van der Waals surface area contributed by atoms with E-state index in [4.69, 9.17) is 10.2 Å². The second kappa shape index (κ2) is 5.31. The molecule has 1 heterocycles. The maximum absolute atomic E-state index is 10.7. The molecule has 82 valence electrons. The molecule has 2 N–H and O–H groups in total. The molecule has 0 saturated carbocycles. The Balaban J connectivity index is 2.57. The summed E-state index contributed by atoms with van der Waals surface area (Å²) < 4.78 is 5.18. The number of carbonyl (C=O) groups is 2. The zero-order chi connectivity index (χ0) is 11.3. The Labute approximate surface area is 87.8 Å². The van der Waals surface area contributed by atoms with Crippen LogP contribution >= 0.6 is 0 Å². The Hall–Kier alpha value is -1.62. The third-order valence-corrected chi connectivity index (χ3v) is 2.00. The van der Waals surface area contributed by atoms with Gasteiger partial charge in [0.05, 0.1) is 13.1 Å². The molecule has 0 atom stereocenters. The van der Waals surface area contributed by atoms with Crippen LogP contribution in [0.1, 0.15) is 23.2 Å². The predicted octanol–water partition coefficient (Wildman–Crippen LogP) is 0.399. The zero-order valence-corrected chi connectivity index (χ0v) is 8.60. The number of furan rings is 1. The fourth-order valence-electron chi connectivity index (χ4n) is 1.26. The molecule has 1 rings (SSSR count). The Morgan fingerprint density at radius 2 is 2.33 bits per heavy atom. The van der Waals surface area contributed by atoms with Crippen molar-refractivity contribution < 1.29 is 14.0 Å². The van der Waals surface area contributed by atoms with E-state index in [1.54, 1.807) is 12.1 Å². The number of primary amides is 1. The highest BCUT2D eigenvalue weighted by atomic mass is 16.3. The highest BCUT2D eigenvalue weighted by Crippen LogP contribution is 2.08. The molecule has 0 unspecified atom stereocenters. The minimum absolute atomic E-state index is 0.188. The minimum atomic E-state index is -0.376. The highest BCUT2D eigenvalue weighted by molar-refractivity contribution is 5.75. The molecule has 1 amide bonds. The van der Waals surface area contributed by atoms with Gasteiger partial charge in [0.2, 0.25) is 5.91 Å². The number of amides is 1. The van der Waals surface area contributed by atoms with Crippen molar-refractivity contribution in [3.8, 4) is 0 Å². The summed E-state index contributed by atoms with van der Waals surface area (Å²) >= 11 is 0. The Morgan fingerprint density at radius 3 is 2.80 bits per heavy atom. The number of carbonyl (C=O) groups excluding carboxylic acids is 2. The van der Waals surface area contributed by atoms with Crippen molar-refractivity contribution in [2.24, 2.45) is 5.73 Å². The van der Waals surface area contributed by atoms with Crippen molar-refractivity contribution in [2.45, 2.75) is 13.5 Å². The van der Waals surface area contributed by atoms with Gasteiger partial charge in [0.15, 0.2) is 12.0 Å². The van der Waals surface area contributed by atoms with Crippen molar-refractivity contribution >= 4 is 12.2 Å². The molecule has 1 aromatic heterocycles. The van der Waals surface area contributed by atoms with Crippen LogP contribution in [-0.2, 0) is 11.3 Å². The SMILES string of the molecule is CCN(CC(N)=O)Cc1ccc(C=O)o1. The summed E-state index contributed by atoms with van der Waals surface area (Å²) in [5.74, 6) is 0.569. The molecule has 15 heavy (non-hydrogen) atoms. The first-order chi connectivity index (χ1) is 7.15. The van der Waals surface area contributed by atoms with Gasteiger partial charge in [0, 0.05) is 0 Å². The average molecular weight is 210 g/mol. The topological polar surface area (TPSA) is 76.5 Å². The number of aldehydes is 1. The van der Waals surface area contributed by atoms with Gasteiger partial charge < -0.3 is 10.2 Å². The van der Waals surface area contributed by atoms with E-state index in [1.165, 1.54) is 0 Å². The van der Waals surface area contributed by atoms with E-state index in [1.807, 2.05) is 11.8 Å². The van der Waals surface area contributed by atoms with Crippen molar-refractivity contribution in [1.82, 2.24) is 4.90 Å². The molecule has 0 bridgehead atoms. The minimum Gasteiger partial charge on any atom is -0.457 e. The van der Waals surface area contributed by atoms with Gasteiger partial charge in [-0.3, -0.25) is 14.5 Å². The molecule has 0 spiro atoms. The van der Waals surface area contributed by atoms with Crippen LogP contribution in [0.3, 0.4) is 0 Å². The highest BCUT2D eigenvalue weighted by Gasteiger charge is 2.09. The number of likely N-dealkylation sites (N-methyl/N-ethyl adjacent to an activating group) is 1. The molecule has 0 radical (unpaired) electrons. The van der Waals surface area contributed by atoms with Gasteiger partial charge >= 0.3 is 0 Å². The van der Waals surface area contributed by atoms with Gasteiger partial charge in [-0.1, -0.05) is 6.92 Å². The summed E-state index contributed by atoms with van der Waals surface area (Å²) in [4.78, 5) is 22.9. The van der Waals surface area contributed by atoms with Crippen molar-refractivity contribution in [1.29, 1.82) is 0 Å². The van der Waals surface area contributed by atoms with Crippen molar-refractivity contribution in [3.05, 3.63) is 23.7 Å². The summed E-state index contributed by atoms with van der Waals surface area (Å²) in [6, 6.07) is 3.31. The molecule has 0 aliphatic carbocycles. The zero-order valence-electron chi connectivity index (χ0n) is 8.60. The number of nitrogens with zero attached hydrogens (tertiary/aromatic N) is 1. The van der Waals surface area contributed by atoms with E-state index in [0.29, 0.717) is 30.9 Å². The Kier molecular flexibility index (Phi) is 4.05. The first-order valence-corrected chi connectivity index (χ1v) is 4.70. The average Bonchev–Trinajstić information content (AvgIpc) is 2.64. The van der Waals surface area contributed by atoms with E-state index in [2.05, 4.69) is 0 Å². The van der Waals surface area contributed by atoms with Gasteiger partial charge in [-0.25, -0.2) is 0 Å². The van der Waals surface area contributed by atoms with E-state index >= 15 is 0 Å². The van der Waals surface area contributed by atoms with E-state index < -0.39 is 0 Å². The summed E-state index contributed by atoms with van der Waals surface area (Å²) in [5, 5.41) is 0. The van der Waals surface area contributed by atoms with E-state index in [9.17, 15) is 9.59 Å². The van der Waals surface area contributed by atoms with Crippen molar-refractivity contribution in [3.63, 3.8) is 0 Å². The third kappa shape index (κ3) is 3.55. The molecule has 0 saturated heterocycles. The lowest BCUT2D eigenvalue weighted by Crippen LogP contribution is -2.33. The normalized spacial score (nSPS) is 10.5. The standard InChI is InChI=1S/C10H14N2O3/c1-2-12(6-10(11)14)5-8-3-4-9(7-13)15-8/h3-4,7H,2,5-6H2,1H3,(H2,11,14). The predicted molar refractivity (Wildman–Crippen MR) is 54.2 cm³/mol. The van der Waals surface area contributed by atoms with Crippen LogP contribution in [0, 0.1) is 0 Å². The maximum Gasteiger partial charge on any atom is 0.231 e. The lowest BCUT2D eigenvalue weighted by atomic mass is 10.3. The van der Waals surface area contributed by atoms with Gasteiger partial charge in [-0.2, -0.15) is 0 Å². The molecular formula is C10H14N2O3. The smallest absolute Gasteiger partial charge is 0.231 e. The number of hydrogen-bond donors (Lipinski definition) is 1. The molecular weight excluding hydrogens is 196 g/mol. The monoisotopic (exact) mass is 210 g/mol. The molecule has 5 heteroatoms. The summed E-state index contributed by atoms with van der Waals surface area (Å²) in [6.45, 7) is 3.29. The lowest BCUT2D eigenvalue weighted by Gasteiger charge is -2.16. The van der Waals surface area contributed by atoms with Gasteiger partial charge in [-0.15, -0.1) is 0 Å². The van der Waals surface area contributed by atoms with Crippen LogP contribution in [-0.4, -0.2) is 30.2 Å². The van der Waals surface area contributed by atoms with E-state index in [-0.39, 0.29) is 12.5 Å². The first kappa shape index (κ1) is 11.5. The first-order valence-electron chi connectivity index (χ1n) is 4.70. The van der Waals surface area contributed by atoms with Crippen LogP contribution in [0.5, 0.6) is 0 Å². The largest absolute Gasteiger partial charge is 0.457 e. The number of rotatable bonds is 6. The van der Waals surface area contributed by atoms with Crippen LogP contribution in [0.15, 0.2) is 16.5 Å². The quantitative estimate of drug-likeness (QED) is 0.689. The molecule has 0 aliphatic heterocycles. The number of nitrogens with two attached hydrogens (primary N) is 1. The van der Waals surface area contributed by atoms with Gasteiger partial charge in [0.1, 0.15) is 5.76 Å². The van der Waals surface area contributed by atoms with Crippen LogP contribution in [0.2, 0.25) is 0 Å². The van der Waals surface area contributed by atoms with Crippen molar-refractivity contribution in [2.75, 3.05) is 13.1 Å². The van der Waals surface area contributed by atoms with Crippen LogP contribution in [0.25, 0.3) is 0 Å². The fraction of sp³-hybridized carbons (Fsp3) is 0.400. The maximum atomic E-state index is 10.7. The summed E-state index contributed by atoms with van der Waals surface area (Å²) in [7, 11) is 0. The third-order valence-electron chi connectivity index (χ3n) is 2.00. The van der Waals surface area contributed by atoms with Crippen LogP contribution in [0.4, 0.5) is 0 Å². The second-order valence-corrected chi connectivity index (χ2v) is 3.19. The van der Waals surface area contributed by atoms with Crippen LogP contribution < -0.4 is 5.73 Å². The number of hydrogen-bond acceptors (Lipinski definition) is 4. The summed E-state index contributed by atoms with van der Waals surface area (Å²) in [5.41, 5.74) is 5.09. The molecule has 0 aromatic carbocycles. The van der Waals surface area contributed by atoms with Gasteiger partial charge in [-0.05, 0) is 18.7 Å². The molecule has 0 aliphatic rings. The van der Waals surface area contributed by atoms with Gasteiger partial charge in [0.25, 0.3) is 0 Å².